The third kappa shape index (κ3) is 5.90. The van der Waals surface area contributed by atoms with E-state index < -0.39 is 17.2 Å². The van der Waals surface area contributed by atoms with Crippen LogP contribution in [0.25, 0.3) is 16.0 Å². The highest BCUT2D eigenvalue weighted by molar-refractivity contribution is 5.89. The normalized spacial score (nSPS) is 18.9. The first-order valence-corrected chi connectivity index (χ1v) is 14.0. The molecular formula is C31H33F3N6O2. The largest absolute Gasteiger partial charge is 0.478 e. The highest BCUT2D eigenvalue weighted by Gasteiger charge is 2.45. The van der Waals surface area contributed by atoms with Crippen molar-refractivity contribution in [1.82, 2.24) is 20.2 Å². The molecule has 2 fully saturated rings. The third-order valence-electron chi connectivity index (χ3n) is 8.16. The number of carbonyl (C=O) groups excluding carboxylic acids is 1. The molecule has 4 heterocycles. The van der Waals surface area contributed by atoms with Crippen LogP contribution >= 0.6 is 0 Å². The van der Waals surface area contributed by atoms with E-state index in [-0.39, 0.29) is 17.6 Å². The van der Waals surface area contributed by atoms with Gasteiger partial charge < -0.3 is 19.9 Å². The van der Waals surface area contributed by atoms with Crippen LogP contribution in [0.1, 0.15) is 37.4 Å². The number of nitrogens with zero attached hydrogens (tertiary/aromatic N) is 5. The Balaban J connectivity index is 1.44. The molecule has 2 aromatic heterocycles. The molecule has 0 bridgehead atoms. The van der Waals surface area contributed by atoms with Crippen molar-refractivity contribution in [3.63, 3.8) is 0 Å². The molecule has 1 atom stereocenters. The lowest BCUT2D eigenvalue weighted by Gasteiger charge is -2.42. The van der Waals surface area contributed by atoms with Gasteiger partial charge in [0.2, 0.25) is 17.5 Å². The molecular weight excluding hydrogens is 545 g/mol. The second-order valence-electron chi connectivity index (χ2n) is 10.8. The molecule has 1 aromatic carbocycles. The van der Waals surface area contributed by atoms with Gasteiger partial charge in [0.05, 0.1) is 24.3 Å². The Morgan fingerprint density at radius 1 is 1.17 bits per heavy atom. The number of anilines is 1. The smallest absolute Gasteiger partial charge is 0.415 e. The molecule has 5 rings (SSSR count). The first-order valence-electron chi connectivity index (χ1n) is 14.0. The number of alkyl halides is 3. The molecule has 0 spiro atoms. The predicted molar refractivity (Wildman–Crippen MR) is 154 cm³/mol. The minimum absolute atomic E-state index is 0.0319. The molecule has 0 radical (unpaired) electrons. The molecule has 0 saturated carbocycles. The lowest BCUT2D eigenvalue weighted by molar-refractivity contribution is -0.137. The molecule has 220 valence electrons. The van der Waals surface area contributed by atoms with Crippen LogP contribution in [0.5, 0.6) is 5.88 Å². The zero-order chi connectivity index (χ0) is 29.9. The number of benzene rings is 1. The number of likely N-dealkylation sites (N-methyl/N-ethyl adjacent to an activating group) is 1. The van der Waals surface area contributed by atoms with Crippen molar-refractivity contribution in [2.45, 2.75) is 43.8 Å². The van der Waals surface area contributed by atoms with Crippen LogP contribution in [0.3, 0.4) is 0 Å². The van der Waals surface area contributed by atoms with Crippen molar-refractivity contribution in [2.75, 3.05) is 44.7 Å². The van der Waals surface area contributed by atoms with Crippen molar-refractivity contribution in [1.29, 1.82) is 0 Å². The van der Waals surface area contributed by atoms with Crippen LogP contribution in [0, 0.1) is 6.57 Å². The van der Waals surface area contributed by atoms with E-state index in [1.54, 1.807) is 12.4 Å². The van der Waals surface area contributed by atoms with Gasteiger partial charge in [-0.3, -0.25) is 9.78 Å². The number of hydrogen-bond donors (Lipinski definition) is 1. The first-order chi connectivity index (χ1) is 20.1. The Morgan fingerprint density at radius 2 is 1.95 bits per heavy atom. The van der Waals surface area contributed by atoms with Crippen molar-refractivity contribution in [2.24, 2.45) is 0 Å². The Kier molecular flexibility index (Phi) is 8.36. The summed E-state index contributed by atoms with van der Waals surface area (Å²) >= 11 is 0. The fourth-order valence-electron chi connectivity index (χ4n) is 5.86. The Labute approximate surface area is 243 Å². The maximum Gasteiger partial charge on any atom is 0.415 e. The summed E-state index contributed by atoms with van der Waals surface area (Å²) in [6, 6.07) is 10.8. The van der Waals surface area contributed by atoms with Gasteiger partial charge in [0.25, 0.3) is 0 Å². The van der Waals surface area contributed by atoms with Gasteiger partial charge in [-0.05, 0) is 70.1 Å². The summed E-state index contributed by atoms with van der Waals surface area (Å²) in [7, 11) is 2.02. The zero-order valence-corrected chi connectivity index (χ0v) is 23.6. The summed E-state index contributed by atoms with van der Waals surface area (Å²) in [5, 5.41) is 3.25. The van der Waals surface area contributed by atoms with Crippen molar-refractivity contribution in [3.8, 4) is 17.0 Å². The van der Waals surface area contributed by atoms with Crippen LogP contribution in [-0.2, 0) is 16.4 Å². The molecule has 42 heavy (non-hydrogen) atoms. The summed E-state index contributed by atoms with van der Waals surface area (Å²) in [6.07, 6.45) is 0.509. The lowest BCUT2D eigenvalue weighted by atomic mass is 9.74. The number of pyridine rings is 2. The summed E-state index contributed by atoms with van der Waals surface area (Å²) in [5.41, 5.74) is 0.844. The summed E-state index contributed by atoms with van der Waals surface area (Å²) in [4.78, 5) is 30.6. The highest BCUT2D eigenvalue weighted by Crippen LogP contribution is 2.42. The maximum absolute atomic E-state index is 14.0. The molecule has 0 unspecified atom stereocenters. The minimum Gasteiger partial charge on any atom is -0.478 e. The van der Waals surface area contributed by atoms with E-state index in [2.05, 4.69) is 20.0 Å². The number of carbonyl (C=O) groups is 1. The van der Waals surface area contributed by atoms with Gasteiger partial charge in [-0.2, -0.15) is 13.2 Å². The molecule has 1 amide bonds. The molecule has 2 aliphatic rings. The number of ether oxygens (including phenoxy) is 1. The van der Waals surface area contributed by atoms with Crippen LogP contribution < -0.4 is 15.0 Å². The van der Waals surface area contributed by atoms with E-state index in [1.165, 1.54) is 6.07 Å². The Morgan fingerprint density at radius 3 is 2.57 bits per heavy atom. The Hall–Kier alpha value is -4.17. The van der Waals surface area contributed by atoms with E-state index in [0.29, 0.717) is 49.8 Å². The monoisotopic (exact) mass is 578 g/mol. The number of aromatic nitrogens is 2. The quantitative estimate of drug-likeness (QED) is 0.375. The van der Waals surface area contributed by atoms with Crippen molar-refractivity contribution < 1.29 is 22.7 Å². The van der Waals surface area contributed by atoms with Crippen molar-refractivity contribution >= 4 is 17.3 Å². The summed E-state index contributed by atoms with van der Waals surface area (Å²) in [5.74, 6) is 0.407. The SMILES string of the molecule is [C-]#[N+]c1cc(C(F)(F)F)ccc1N1CCC(C(=O)N[C@@H]2CCN(C)C2)(c2ccc(-c3cccnc3OCC)cn2)CC1. The van der Waals surface area contributed by atoms with E-state index in [4.69, 9.17) is 16.3 Å². The molecule has 2 saturated heterocycles. The second kappa shape index (κ2) is 12.0. The number of piperidine rings is 1. The van der Waals surface area contributed by atoms with Gasteiger partial charge in [0.15, 0.2) is 0 Å². The van der Waals surface area contributed by atoms with Gasteiger partial charge in [-0.15, -0.1) is 0 Å². The fourth-order valence-corrected chi connectivity index (χ4v) is 5.86. The second-order valence-corrected chi connectivity index (χ2v) is 10.8. The molecule has 3 aromatic rings. The van der Waals surface area contributed by atoms with Crippen molar-refractivity contribution in [3.05, 3.63) is 77.5 Å². The van der Waals surface area contributed by atoms with Gasteiger partial charge in [-0.25, -0.2) is 9.83 Å². The molecule has 8 nitrogen and oxygen atoms in total. The number of hydrogen-bond acceptors (Lipinski definition) is 6. The number of amides is 1. The standard InChI is InChI=1S/C31H33F3N6O2/c1-4-42-28-24(6-5-14-36-28)21-7-10-27(37-19-21)30(29(41)38-23-11-15-39(3)20-23)12-16-40(17-13-30)26-9-8-22(31(32,33)34)18-25(26)35-2/h5-10,14,18-19,23H,4,11-13,15-17,20H2,1,3H3,(H,38,41)/t23-/m1/s1. The van der Waals surface area contributed by atoms with Crippen LogP contribution in [0.2, 0.25) is 0 Å². The summed E-state index contributed by atoms with van der Waals surface area (Å²) < 4.78 is 45.5. The van der Waals surface area contributed by atoms with E-state index in [1.807, 2.05) is 43.1 Å². The van der Waals surface area contributed by atoms with Gasteiger partial charge in [0, 0.05) is 60.4 Å². The van der Waals surface area contributed by atoms with E-state index >= 15 is 0 Å². The summed E-state index contributed by atoms with van der Waals surface area (Å²) in [6.45, 7) is 12.3. The number of halogens is 3. The lowest BCUT2D eigenvalue weighted by Crippen LogP contribution is -2.54. The molecule has 1 N–H and O–H groups in total. The third-order valence-corrected chi connectivity index (χ3v) is 8.16. The van der Waals surface area contributed by atoms with Gasteiger partial charge in [0.1, 0.15) is 0 Å². The highest BCUT2D eigenvalue weighted by atomic mass is 19.4. The fraction of sp³-hybridized carbons (Fsp3) is 0.419. The molecule has 2 aliphatic heterocycles. The average Bonchev–Trinajstić information content (AvgIpc) is 3.41. The predicted octanol–water partition coefficient (Wildman–Crippen LogP) is 5.47. The number of nitrogens with one attached hydrogen (secondary N) is 1. The van der Waals surface area contributed by atoms with E-state index in [0.717, 1.165) is 42.8 Å². The number of likely N-dealkylation sites (tertiary alicyclic amines) is 1. The average molecular weight is 579 g/mol. The van der Waals surface area contributed by atoms with Gasteiger partial charge >= 0.3 is 6.18 Å². The van der Waals surface area contributed by atoms with Crippen LogP contribution in [-0.4, -0.2) is 66.7 Å². The van der Waals surface area contributed by atoms with Crippen LogP contribution in [0.15, 0.2) is 54.9 Å². The van der Waals surface area contributed by atoms with Crippen LogP contribution in [0.4, 0.5) is 24.5 Å². The molecule has 11 heteroatoms. The van der Waals surface area contributed by atoms with E-state index in [9.17, 15) is 18.0 Å². The number of rotatable bonds is 7. The zero-order valence-electron chi connectivity index (χ0n) is 23.6. The topological polar surface area (TPSA) is 75.0 Å². The first kappa shape index (κ1) is 29.3. The molecule has 0 aliphatic carbocycles. The van der Waals surface area contributed by atoms with Gasteiger partial charge in [-0.1, -0.05) is 12.1 Å². The minimum atomic E-state index is -4.53. The Bertz CT molecular complexity index is 1460. The maximum atomic E-state index is 14.0.